The summed E-state index contributed by atoms with van der Waals surface area (Å²) in [5.41, 5.74) is 5.51. The predicted octanol–water partition coefficient (Wildman–Crippen LogP) is 4.07. The third-order valence-corrected chi connectivity index (χ3v) is 3.21. The van der Waals surface area contributed by atoms with Gasteiger partial charge in [0.05, 0.1) is 0 Å². The Labute approximate surface area is 112 Å². The molecule has 1 heteroatoms. The Kier molecular flexibility index (Phi) is 5.95. The van der Waals surface area contributed by atoms with E-state index in [2.05, 4.69) is 57.0 Å². The first-order chi connectivity index (χ1) is 8.60. The van der Waals surface area contributed by atoms with Gasteiger partial charge >= 0.3 is 0 Å². The molecule has 1 aromatic carbocycles. The predicted molar refractivity (Wildman–Crippen MR) is 79.8 cm³/mol. The summed E-state index contributed by atoms with van der Waals surface area (Å²) in [5, 5.41) is 3.62. The van der Waals surface area contributed by atoms with Crippen LogP contribution < -0.4 is 5.32 Å². The molecule has 1 rings (SSSR count). The van der Waals surface area contributed by atoms with Gasteiger partial charge in [-0.2, -0.15) is 0 Å². The molecule has 1 N–H and O–H groups in total. The number of hydrogen-bond donors (Lipinski definition) is 1. The zero-order chi connectivity index (χ0) is 13.5. The van der Waals surface area contributed by atoms with Crippen molar-refractivity contribution in [1.29, 1.82) is 0 Å². The highest BCUT2D eigenvalue weighted by atomic mass is 14.9. The Morgan fingerprint density at radius 1 is 1.17 bits per heavy atom. The molecule has 0 fully saturated rings. The van der Waals surface area contributed by atoms with Crippen LogP contribution in [0.2, 0.25) is 0 Å². The third kappa shape index (κ3) is 3.89. The highest BCUT2D eigenvalue weighted by molar-refractivity contribution is 5.40. The number of aryl methyl sites for hydroxylation is 3. The van der Waals surface area contributed by atoms with Crippen molar-refractivity contribution in [2.24, 2.45) is 0 Å². The van der Waals surface area contributed by atoms with Crippen molar-refractivity contribution in [1.82, 2.24) is 5.32 Å². The molecular weight excluding hydrogens is 218 g/mol. The van der Waals surface area contributed by atoms with Crippen LogP contribution in [0.15, 0.2) is 12.1 Å². The summed E-state index contributed by atoms with van der Waals surface area (Å²) in [6.07, 6.45) is 2.04. The minimum atomic E-state index is 0.359. The van der Waals surface area contributed by atoms with E-state index in [1.807, 2.05) is 6.92 Å². The molecule has 0 heterocycles. The first-order valence-electron chi connectivity index (χ1n) is 6.80. The second kappa shape index (κ2) is 7.24. The zero-order valence-electron chi connectivity index (χ0n) is 12.4. The zero-order valence-corrected chi connectivity index (χ0v) is 12.4. The molecule has 1 unspecified atom stereocenters. The van der Waals surface area contributed by atoms with Crippen LogP contribution in [-0.2, 0) is 0 Å². The maximum atomic E-state index is 3.62. The van der Waals surface area contributed by atoms with E-state index < -0.39 is 0 Å². The average molecular weight is 243 g/mol. The van der Waals surface area contributed by atoms with Crippen molar-refractivity contribution in [3.05, 3.63) is 34.4 Å². The van der Waals surface area contributed by atoms with Crippen LogP contribution in [0.3, 0.4) is 0 Å². The third-order valence-electron chi connectivity index (χ3n) is 3.21. The van der Waals surface area contributed by atoms with Gasteiger partial charge < -0.3 is 5.32 Å². The van der Waals surface area contributed by atoms with Gasteiger partial charge in [-0.15, -0.1) is 11.8 Å². The molecule has 0 bridgehead atoms. The van der Waals surface area contributed by atoms with Crippen molar-refractivity contribution < 1.29 is 0 Å². The Bertz CT molecular complexity index is 425. The fraction of sp³-hybridized carbons (Fsp3) is 0.529. The van der Waals surface area contributed by atoms with Crippen molar-refractivity contribution >= 4 is 0 Å². The Morgan fingerprint density at radius 3 is 2.28 bits per heavy atom. The van der Waals surface area contributed by atoms with E-state index in [0.29, 0.717) is 6.04 Å². The molecule has 0 aliphatic carbocycles. The molecule has 0 aromatic heterocycles. The molecule has 0 saturated carbocycles. The molecule has 0 aliphatic heterocycles. The molecule has 1 nitrogen and oxygen atoms in total. The SMILES string of the molecule is CC#CCC(NCCC)c1c(C)cc(C)cc1C. The lowest BCUT2D eigenvalue weighted by Crippen LogP contribution is -2.23. The number of benzene rings is 1. The minimum Gasteiger partial charge on any atom is -0.309 e. The lowest BCUT2D eigenvalue weighted by Gasteiger charge is -2.21. The van der Waals surface area contributed by atoms with E-state index in [-0.39, 0.29) is 0 Å². The van der Waals surface area contributed by atoms with E-state index >= 15 is 0 Å². The standard InChI is InChI=1S/C17H25N/c1-6-8-9-16(18-10-7-2)17-14(4)11-13(3)12-15(17)5/h11-12,16,18H,7,9-10H2,1-5H3. The first kappa shape index (κ1) is 14.8. The van der Waals surface area contributed by atoms with Gasteiger partial charge in [-0.05, 0) is 57.4 Å². The fourth-order valence-corrected chi connectivity index (χ4v) is 2.54. The van der Waals surface area contributed by atoms with Crippen molar-refractivity contribution in [3.8, 4) is 11.8 Å². The lowest BCUT2D eigenvalue weighted by molar-refractivity contribution is 0.538. The van der Waals surface area contributed by atoms with E-state index in [1.54, 1.807) is 0 Å². The van der Waals surface area contributed by atoms with Crippen molar-refractivity contribution in [2.45, 2.75) is 53.5 Å². The summed E-state index contributed by atoms with van der Waals surface area (Å²) in [6.45, 7) is 11.7. The summed E-state index contributed by atoms with van der Waals surface area (Å²) in [7, 11) is 0. The maximum absolute atomic E-state index is 3.62. The molecule has 0 spiro atoms. The molecule has 1 atom stereocenters. The van der Waals surface area contributed by atoms with Gasteiger partial charge in [0, 0.05) is 12.5 Å². The summed E-state index contributed by atoms with van der Waals surface area (Å²) >= 11 is 0. The molecule has 0 aliphatic rings. The Morgan fingerprint density at radius 2 is 1.78 bits per heavy atom. The second-order valence-electron chi connectivity index (χ2n) is 4.95. The van der Waals surface area contributed by atoms with Crippen LogP contribution >= 0.6 is 0 Å². The number of hydrogen-bond acceptors (Lipinski definition) is 1. The van der Waals surface area contributed by atoms with E-state index in [0.717, 1.165) is 19.4 Å². The number of nitrogens with one attached hydrogen (secondary N) is 1. The summed E-state index contributed by atoms with van der Waals surface area (Å²) in [4.78, 5) is 0. The van der Waals surface area contributed by atoms with Crippen molar-refractivity contribution in [3.63, 3.8) is 0 Å². The topological polar surface area (TPSA) is 12.0 Å². The van der Waals surface area contributed by atoms with Crippen LogP contribution in [0.1, 0.15) is 55.0 Å². The van der Waals surface area contributed by atoms with Crippen LogP contribution in [0.25, 0.3) is 0 Å². The van der Waals surface area contributed by atoms with Crippen LogP contribution in [-0.4, -0.2) is 6.54 Å². The Hall–Kier alpha value is -1.26. The van der Waals surface area contributed by atoms with E-state index in [9.17, 15) is 0 Å². The van der Waals surface area contributed by atoms with Gasteiger partial charge in [0.15, 0.2) is 0 Å². The molecule has 98 valence electrons. The van der Waals surface area contributed by atoms with Crippen LogP contribution in [0, 0.1) is 32.6 Å². The second-order valence-corrected chi connectivity index (χ2v) is 4.95. The van der Waals surface area contributed by atoms with Gasteiger partial charge in [-0.25, -0.2) is 0 Å². The molecule has 0 amide bonds. The monoisotopic (exact) mass is 243 g/mol. The van der Waals surface area contributed by atoms with Gasteiger partial charge in [0.25, 0.3) is 0 Å². The maximum Gasteiger partial charge on any atom is 0.0436 e. The quantitative estimate of drug-likeness (QED) is 0.769. The average Bonchev–Trinajstić information content (AvgIpc) is 2.30. The van der Waals surface area contributed by atoms with Crippen molar-refractivity contribution in [2.75, 3.05) is 6.54 Å². The lowest BCUT2D eigenvalue weighted by atomic mass is 9.92. The molecule has 18 heavy (non-hydrogen) atoms. The minimum absolute atomic E-state index is 0.359. The fourth-order valence-electron chi connectivity index (χ4n) is 2.54. The van der Waals surface area contributed by atoms with Gasteiger partial charge in [-0.3, -0.25) is 0 Å². The normalized spacial score (nSPS) is 11.8. The molecule has 0 saturated heterocycles. The molecule has 0 radical (unpaired) electrons. The van der Waals surface area contributed by atoms with E-state index in [4.69, 9.17) is 0 Å². The summed E-state index contributed by atoms with van der Waals surface area (Å²) in [6, 6.07) is 4.89. The van der Waals surface area contributed by atoms with Gasteiger partial charge in [-0.1, -0.05) is 24.6 Å². The summed E-state index contributed by atoms with van der Waals surface area (Å²) < 4.78 is 0. The van der Waals surface area contributed by atoms with Crippen LogP contribution in [0.4, 0.5) is 0 Å². The largest absolute Gasteiger partial charge is 0.309 e. The number of rotatable bonds is 5. The molecule has 1 aromatic rings. The van der Waals surface area contributed by atoms with E-state index in [1.165, 1.54) is 22.3 Å². The summed E-state index contributed by atoms with van der Waals surface area (Å²) in [5.74, 6) is 6.22. The Balaban J connectivity index is 3.05. The van der Waals surface area contributed by atoms with Crippen LogP contribution in [0.5, 0.6) is 0 Å². The van der Waals surface area contributed by atoms with Gasteiger partial charge in [0.1, 0.15) is 0 Å². The van der Waals surface area contributed by atoms with Gasteiger partial charge in [0.2, 0.25) is 0 Å². The highest BCUT2D eigenvalue weighted by Crippen LogP contribution is 2.25. The smallest absolute Gasteiger partial charge is 0.0436 e. The molecular formula is C17H25N. The highest BCUT2D eigenvalue weighted by Gasteiger charge is 2.14. The first-order valence-corrected chi connectivity index (χ1v) is 6.80.